The summed E-state index contributed by atoms with van der Waals surface area (Å²) < 4.78 is 79.2. The number of nitrogens with one attached hydrogen (secondary N) is 1. The maximum absolute atomic E-state index is 12.7. The van der Waals surface area contributed by atoms with Crippen LogP contribution in [0, 0.1) is 17.0 Å². The van der Waals surface area contributed by atoms with Crippen molar-refractivity contribution in [2.75, 3.05) is 56.7 Å². The molecular formula is C46H54Cl4F3N4O17P. The Morgan fingerprint density at radius 3 is 2.21 bits per heavy atom. The van der Waals surface area contributed by atoms with Crippen LogP contribution in [0.5, 0.6) is 11.5 Å². The first kappa shape index (κ1) is 65.6. The van der Waals surface area contributed by atoms with Gasteiger partial charge in [0.15, 0.2) is 11.4 Å². The number of hydrogen-bond donors (Lipinski definition) is 4. The molecule has 414 valence electrons. The number of amides is 2. The van der Waals surface area contributed by atoms with Gasteiger partial charge >= 0.3 is 31.7 Å². The smallest absolute Gasteiger partial charge is 0.416 e. The first-order chi connectivity index (χ1) is 35.0. The highest BCUT2D eigenvalue weighted by atomic mass is 35.5. The quantitative estimate of drug-likeness (QED) is 0.0170. The Labute approximate surface area is 448 Å². The molecule has 5 rings (SSSR count). The number of rotatable bonds is 19. The number of aryl methyl sites for hydroxylation is 2. The van der Waals surface area contributed by atoms with Crippen LogP contribution in [0.2, 0.25) is 5.02 Å². The zero-order valence-electron chi connectivity index (χ0n) is 40.9. The Morgan fingerprint density at radius 1 is 1.01 bits per heavy atom. The van der Waals surface area contributed by atoms with Gasteiger partial charge in [0.05, 0.1) is 53.4 Å². The van der Waals surface area contributed by atoms with Gasteiger partial charge in [-0.05, 0) is 88.6 Å². The van der Waals surface area contributed by atoms with Crippen molar-refractivity contribution in [1.82, 2.24) is 10.2 Å². The largest absolute Gasteiger partial charge is 0.480 e. The number of carboxylic acid groups (broad SMARTS) is 1. The van der Waals surface area contributed by atoms with E-state index in [9.17, 15) is 51.8 Å². The molecular weight excluding hydrogens is 1110 g/mol. The fourth-order valence-electron chi connectivity index (χ4n) is 6.34. The van der Waals surface area contributed by atoms with Crippen LogP contribution in [0.15, 0.2) is 77.4 Å². The fraction of sp³-hybridized carbons (Fsp3) is 0.413. The minimum absolute atomic E-state index is 0.0371. The molecule has 0 radical (unpaired) electrons. The molecule has 4 N–H and O–H groups in total. The van der Waals surface area contributed by atoms with Gasteiger partial charge in [-0.15, -0.1) is 11.6 Å². The number of para-hydroxylation sites is 1. The van der Waals surface area contributed by atoms with Gasteiger partial charge in [0.2, 0.25) is 5.91 Å². The highest BCUT2D eigenvalue weighted by molar-refractivity contribution is 7.51. The molecule has 0 spiro atoms. The number of alkyl halides is 6. The number of halogens is 7. The topological polar surface area (TPSA) is 284 Å². The lowest BCUT2D eigenvalue weighted by Crippen LogP contribution is -2.45. The van der Waals surface area contributed by atoms with E-state index in [4.69, 9.17) is 84.7 Å². The van der Waals surface area contributed by atoms with E-state index in [1.165, 1.54) is 11.8 Å². The normalized spacial score (nSPS) is 13.7. The molecule has 29 heteroatoms. The molecule has 1 aromatic heterocycles. The van der Waals surface area contributed by atoms with Crippen LogP contribution in [-0.2, 0) is 55.3 Å². The molecule has 1 aliphatic heterocycles. The van der Waals surface area contributed by atoms with Crippen LogP contribution in [0.3, 0.4) is 0 Å². The summed E-state index contributed by atoms with van der Waals surface area (Å²) in [5.74, 6) is -3.33. The Morgan fingerprint density at radius 2 is 1.69 bits per heavy atom. The van der Waals surface area contributed by atoms with E-state index in [2.05, 4.69) is 17.0 Å². The molecule has 1 aliphatic rings. The summed E-state index contributed by atoms with van der Waals surface area (Å²) in [7, 11) is -4.10. The Balaban J connectivity index is 0.000000368. The first-order valence-corrected chi connectivity index (χ1v) is 25.6. The number of carbonyl (C=O) groups is 5. The molecule has 0 bridgehead atoms. The number of aliphatic carboxylic acids is 1. The number of nitro groups is 1. The van der Waals surface area contributed by atoms with Gasteiger partial charge < -0.3 is 47.9 Å². The summed E-state index contributed by atoms with van der Waals surface area (Å²) in [6.45, 7) is 11.2. The predicted octanol–water partition coefficient (Wildman–Crippen LogP) is 9.42. The zero-order valence-corrected chi connectivity index (χ0v) is 44.9. The van der Waals surface area contributed by atoms with Crippen LogP contribution in [0.1, 0.15) is 73.5 Å². The van der Waals surface area contributed by atoms with E-state index in [0.717, 1.165) is 53.6 Å². The fourth-order valence-corrected chi connectivity index (χ4v) is 7.34. The number of carboxylic acids is 1. The summed E-state index contributed by atoms with van der Waals surface area (Å²) in [5, 5.41) is 20.9. The molecule has 2 amide bonds. The Hall–Kier alpha value is -5.53. The number of carbonyl (C=O) groups excluding carboxylic acids is 4. The number of esters is 2. The van der Waals surface area contributed by atoms with E-state index in [1.807, 2.05) is 38.1 Å². The van der Waals surface area contributed by atoms with E-state index in [-0.39, 0.29) is 53.7 Å². The molecule has 1 fully saturated rings. The molecule has 2 heterocycles. The van der Waals surface area contributed by atoms with Gasteiger partial charge in [-0.1, -0.05) is 59.9 Å². The Kier molecular flexibility index (Phi) is 27.0. The molecule has 75 heavy (non-hydrogen) atoms. The second kappa shape index (κ2) is 30.9. The Bertz CT molecular complexity index is 2610. The number of ether oxygens (including phenoxy) is 5. The van der Waals surface area contributed by atoms with Gasteiger partial charge in [-0.2, -0.15) is 13.2 Å². The number of anilines is 1. The lowest BCUT2D eigenvalue weighted by Gasteiger charge is -2.29. The van der Waals surface area contributed by atoms with E-state index < -0.39 is 83.4 Å². The molecule has 0 aliphatic carbocycles. The highest BCUT2D eigenvalue weighted by Crippen LogP contribution is 2.39. The molecule has 1 unspecified atom stereocenters. The molecule has 0 saturated carbocycles. The average molecular weight is 1160 g/mol. The molecule has 21 nitrogen and oxygen atoms in total. The molecule has 3 aromatic carbocycles. The number of benzene rings is 3. The van der Waals surface area contributed by atoms with Gasteiger partial charge in [0.25, 0.3) is 11.6 Å². The van der Waals surface area contributed by atoms with Crippen molar-refractivity contribution < 1.29 is 89.6 Å². The highest BCUT2D eigenvalue weighted by Gasteiger charge is 2.45. The maximum Gasteiger partial charge on any atom is 0.416 e. The van der Waals surface area contributed by atoms with Crippen LogP contribution in [0.25, 0.3) is 0 Å². The third kappa shape index (κ3) is 21.9. The van der Waals surface area contributed by atoms with Crippen molar-refractivity contribution in [3.63, 3.8) is 0 Å². The van der Waals surface area contributed by atoms with Crippen molar-refractivity contribution in [3.8, 4) is 11.5 Å². The van der Waals surface area contributed by atoms with E-state index in [0.29, 0.717) is 25.0 Å². The van der Waals surface area contributed by atoms with Crippen LogP contribution < -0.4 is 15.0 Å². The van der Waals surface area contributed by atoms with Gasteiger partial charge in [0.1, 0.15) is 47.3 Å². The number of nitrogens with zero attached hydrogens (tertiary/aromatic N) is 3. The summed E-state index contributed by atoms with van der Waals surface area (Å²) in [6, 6.07) is 15.0. The SMILES string of the molecule is CC1(C)OC(c2ccco2)CN1C(=O)C(Cl)Cl.CCOC(=O)COC(=O)c1cc(Oc2ccc(C(F)(F)F)cc2Cl)ccc1[N+](=O)[O-].CCOCN(C(=O)CCl)c1c(C)cccc1CC.O=C(O)CNCP(=O)(O)O. The monoisotopic (exact) mass is 1160 g/mol. The van der Waals surface area contributed by atoms with Crippen LogP contribution in [0.4, 0.5) is 24.5 Å². The van der Waals surface area contributed by atoms with Crippen molar-refractivity contribution in [2.24, 2.45) is 0 Å². The van der Waals surface area contributed by atoms with Crippen LogP contribution in [-0.4, -0.2) is 117 Å². The molecule has 1 saturated heterocycles. The maximum atomic E-state index is 12.7. The minimum atomic E-state index is -4.61. The summed E-state index contributed by atoms with van der Waals surface area (Å²) in [6.07, 6.45) is -3.04. The van der Waals surface area contributed by atoms with Crippen molar-refractivity contribution in [3.05, 3.63) is 116 Å². The minimum Gasteiger partial charge on any atom is -0.480 e. The summed E-state index contributed by atoms with van der Waals surface area (Å²) >= 11 is 22.7. The lowest BCUT2D eigenvalue weighted by molar-refractivity contribution is -0.385. The number of furan rings is 1. The van der Waals surface area contributed by atoms with Crippen LogP contribution >= 0.6 is 54.0 Å². The average Bonchev–Trinajstić information content (AvgIpc) is 3.99. The predicted molar refractivity (Wildman–Crippen MR) is 268 cm³/mol. The van der Waals surface area contributed by atoms with Crippen molar-refractivity contribution in [1.29, 1.82) is 0 Å². The number of hydrogen-bond acceptors (Lipinski definition) is 15. The third-order valence-electron chi connectivity index (χ3n) is 9.65. The van der Waals surface area contributed by atoms with Gasteiger partial charge in [0, 0.05) is 18.7 Å². The lowest BCUT2D eigenvalue weighted by atomic mass is 10.0. The summed E-state index contributed by atoms with van der Waals surface area (Å²) in [5.41, 5.74) is 0.224. The first-order valence-electron chi connectivity index (χ1n) is 22.0. The van der Waals surface area contributed by atoms with E-state index >= 15 is 0 Å². The molecule has 4 aromatic rings. The standard InChI is InChI=1S/C18H13ClF3NO7.C14H20ClNO2.C11H13Cl2NO3.C3H8NO5P/c1-2-28-16(24)9-29-17(25)12-8-11(4-5-14(12)23(26)27)30-15-6-3-10(7-13(15)19)18(20,21)22;1-4-12-8-6-7-11(3)14(12)16(10-18-5-2)13(17)9-15;1-11(2)14(10(15)9(12)13)6-8(17-11)7-4-3-5-16-7;5-3(6)1-4-2-10(7,8)9/h3-8H,2,9H2,1H3;6-8H,4-5,9-10H2,1-3H3;3-5,8-9H,6H2,1-2H3;4H,1-2H2,(H,5,6)(H2,7,8,9). The number of nitro benzene ring substituents is 1. The van der Waals surface area contributed by atoms with E-state index in [1.54, 1.807) is 31.1 Å². The third-order valence-corrected chi connectivity index (χ3v) is 11.2. The van der Waals surface area contributed by atoms with Gasteiger partial charge in [-0.3, -0.25) is 39.3 Å². The van der Waals surface area contributed by atoms with Gasteiger partial charge in [-0.25, -0.2) is 9.59 Å². The molecule has 1 atom stereocenters. The summed E-state index contributed by atoms with van der Waals surface area (Å²) in [4.78, 5) is 85.8. The van der Waals surface area contributed by atoms with Crippen molar-refractivity contribution in [2.45, 2.75) is 70.8 Å². The second-order valence-electron chi connectivity index (χ2n) is 15.5. The zero-order chi connectivity index (χ0) is 56.8. The second-order valence-corrected chi connectivity index (χ2v) is 19.0. The van der Waals surface area contributed by atoms with Crippen molar-refractivity contribution >= 4 is 95.1 Å².